The van der Waals surface area contributed by atoms with E-state index in [1.165, 1.54) is 11.1 Å². The summed E-state index contributed by atoms with van der Waals surface area (Å²) in [6.45, 7) is 4.75. The molecule has 1 saturated heterocycles. The minimum absolute atomic E-state index is 0.153. The number of nitriles is 1. The van der Waals surface area contributed by atoms with Gasteiger partial charge < -0.3 is 9.64 Å². The Morgan fingerprint density at radius 3 is 2.62 bits per heavy atom. The summed E-state index contributed by atoms with van der Waals surface area (Å²) < 4.78 is 6.07. The van der Waals surface area contributed by atoms with Crippen LogP contribution in [-0.4, -0.2) is 43.0 Å². The zero-order valence-corrected chi connectivity index (χ0v) is 13.9. The molecular formula is C20H21N3O. The lowest BCUT2D eigenvalue weighted by atomic mass is 9.92. The zero-order valence-electron chi connectivity index (χ0n) is 13.9. The number of hydrogen-bond acceptors (Lipinski definition) is 4. The molecule has 0 amide bonds. The fourth-order valence-electron chi connectivity index (χ4n) is 3.69. The van der Waals surface area contributed by atoms with Crippen molar-refractivity contribution in [1.29, 1.82) is 5.26 Å². The minimum Gasteiger partial charge on any atom is -0.489 e. The van der Waals surface area contributed by atoms with E-state index in [0.29, 0.717) is 12.2 Å². The Bertz CT molecular complexity index is 788. The molecule has 4 nitrogen and oxygen atoms in total. The molecular weight excluding hydrogens is 298 g/mol. The summed E-state index contributed by atoms with van der Waals surface area (Å²) in [5.74, 6) is 0.897. The van der Waals surface area contributed by atoms with Gasteiger partial charge in [-0.1, -0.05) is 24.3 Å². The molecule has 0 bridgehead atoms. The first kappa shape index (κ1) is 15.2. The van der Waals surface area contributed by atoms with E-state index in [1.54, 1.807) is 0 Å². The quantitative estimate of drug-likeness (QED) is 0.810. The van der Waals surface area contributed by atoms with Crippen molar-refractivity contribution < 1.29 is 4.74 Å². The summed E-state index contributed by atoms with van der Waals surface area (Å²) in [7, 11) is 2.17. The number of benzene rings is 2. The van der Waals surface area contributed by atoms with Crippen molar-refractivity contribution in [1.82, 2.24) is 9.80 Å². The van der Waals surface area contributed by atoms with Crippen molar-refractivity contribution in [2.75, 3.05) is 33.2 Å². The number of fused-ring (bicyclic) bond motifs is 2. The van der Waals surface area contributed by atoms with Gasteiger partial charge in [-0.05, 0) is 36.4 Å². The number of ether oxygens (including phenoxy) is 1. The Labute approximate surface area is 142 Å². The van der Waals surface area contributed by atoms with Gasteiger partial charge in [-0.3, -0.25) is 4.90 Å². The molecule has 2 aromatic rings. The highest BCUT2D eigenvalue weighted by molar-refractivity contribution is 5.50. The van der Waals surface area contributed by atoms with Gasteiger partial charge in [-0.25, -0.2) is 0 Å². The average molecular weight is 319 g/mol. The Morgan fingerprint density at radius 2 is 1.83 bits per heavy atom. The van der Waals surface area contributed by atoms with Gasteiger partial charge in [0.15, 0.2) is 0 Å². The van der Waals surface area contributed by atoms with Crippen LogP contribution in [0.25, 0.3) is 0 Å². The Balaban J connectivity index is 1.84. The second-order valence-corrected chi connectivity index (χ2v) is 6.59. The molecule has 1 fully saturated rings. The molecule has 0 aromatic heterocycles. The summed E-state index contributed by atoms with van der Waals surface area (Å²) in [6.07, 6.45) is 0. The van der Waals surface area contributed by atoms with Crippen molar-refractivity contribution in [3.8, 4) is 11.8 Å². The summed E-state index contributed by atoms with van der Waals surface area (Å²) in [5.41, 5.74) is 4.34. The molecule has 1 unspecified atom stereocenters. The Kier molecular flexibility index (Phi) is 3.97. The number of piperazine rings is 1. The van der Waals surface area contributed by atoms with E-state index >= 15 is 0 Å². The third-order valence-corrected chi connectivity index (χ3v) is 5.07. The molecule has 1 atom stereocenters. The van der Waals surface area contributed by atoms with Crippen molar-refractivity contribution in [3.63, 3.8) is 0 Å². The van der Waals surface area contributed by atoms with Crippen LogP contribution in [0.4, 0.5) is 0 Å². The first-order valence-corrected chi connectivity index (χ1v) is 8.43. The highest BCUT2D eigenvalue weighted by atomic mass is 16.5. The second kappa shape index (κ2) is 6.27. The third kappa shape index (κ3) is 2.66. The predicted octanol–water partition coefficient (Wildman–Crippen LogP) is 2.79. The fraction of sp³-hybridized carbons (Fsp3) is 0.350. The van der Waals surface area contributed by atoms with Crippen molar-refractivity contribution in [3.05, 3.63) is 64.7 Å². The van der Waals surface area contributed by atoms with Crippen LogP contribution in [0.1, 0.15) is 28.3 Å². The number of hydrogen-bond donors (Lipinski definition) is 0. The van der Waals surface area contributed by atoms with Crippen molar-refractivity contribution in [2.45, 2.75) is 12.6 Å². The van der Waals surface area contributed by atoms with Crippen LogP contribution in [0.2, 0.25) is 0 Å². The van der Waals surface area contributed by atoms with Crippen LogP contribution < -0.4 is 4.74 Å². The average Bonchev–Trinajstić information content (AvgIpc) is 2.79. The monoisotopic (exact) mass is 319 g/mol. The molecule has 24 heavy (non-hydrogen) atoms. The lowest BCUT2D eigenvalue weighted by molar-refractivity contribution is 0.127. The Morgan fingerprint density at radius 1 is 1.04 bits per heavy atom. The summed E-state index contributed by atoms with van der Waals surface area (Å²) >= 11 is 0. The molecule has 0 N–H and O–H groups in total. The molecule has 0 saturated carbocycles. The number of likely N-dealkylation sites (N-methyl/N-ethyl adjacent to an activating group) is 1. The van der Waals surface area contributed by atoms with Crippen molar-refractivity contribution in [2.24, 2.45) is 0 Å². The van der Waals surface area contributed by atoms with Crippen LogP contribution in [-0.2, 0) is 6.61 Å². The van der Waals surface area contributed by atoms with E-state index in [1.807, 2.05) is 18.2 Å². The van der Waals surface area contributed by atoms with Gasteiger partial charge in [0.2, 0.25) is 0 Å². The minimum atomic E-state index is 0.153. The molecule has 0 spiro atoms. The van der Waals surface area contributed by atoms with E-state index in [4.69, 9.17) is 4.74 Å². The largest absolute Gasteiger partial charge is 0.489 e. The van der Waals surface area contributed by atoms with Gasteiger partial charge in [0, 0.05) is 31.7 Å². The van der Waals surface area contributed by atoms with Crippen LogP contribution in [0.3, 0.4) is 0 Å². The van der Waals surface area contributed by atoms with Crippen LogP contribution in [0.15, 0.2) is 42.5 Å². The van der Waals surface area contributed by atoms with E-state index in [0.717, 1.165) is 37.5 Å². The lowest BCUT2D eigenvalue weighted by Gasteiger charge is -2.38. The SMILES string of the molecule is CN1CCN(C2c3ccccc3COc3ccc(C#N)cc32)CC1. The summed E-state index contributed by atoms with van der Waals surface area (Å²) in [6, 6.07) is 16.7. The molecule has 0 radical (unpaired) electrons. The third-order valence-electron chi connectivity index (χ3n) is 5.07. The maximum Gasteiger partial charge on any atom is 0.125 e. The lowest BCUT2D eigenvalue weighted by Crippen LogP contribution is -2.46. The van der Waals surface area contributed by atoms with Gasteiger partial charge in [0.1, 0.15) is 12.4 Å². The summed E-state index contributed by atoms with van der Waals surface area (Å²) in [4.78, 5) is 4.88. The normalized spacial score (nSPS) is 21.1. The van der Waals surface area contributed by atoms with E-state index < -0.39 is 0 Å². The van der Waals surface area contributed by atoms with Crippen LogP contribution >= 0.6 is 0 Å². The summed E-state index contributed by atoms with van der Waals surface area (Å²) in [5, 5.41) is 9.32. The van der Waals surface area contributed by atoms with Gasteiger partial charge in [-0.2, -0.15) is 5.26 Å². The highest BCUT2D eigenvalue weighted by Crippen LogP contribution is 2.40. The highest BCUT2D eigenvalue weighted by Gasteiger charge is 2.31. The van der Waals surface area contributed by atoms with Crippen LogP contribution in [0, 0.1) is 11.3 Å². The first-order valence-electron chi connectivity index (χ1n) is 8.43. The van der Waals surface area contributed by atoms with Gasteiger partial charge in [-0.15, -0.1) is 0 Å². The Hall–Kier alpha value is -2.35. The molecule has 4 rings (SSSR count). The van der Waals surface area contributed by atoms with Gasteiger partial charge >= 0.3 is 0 Å². The second-order valence-electron chi connectivity index (χ2n) is 6.59. The predicted molar refractivity (Wildman–Crippen MR) is 92.8 cm³/mol. The van der Waals surface area contributed by atoms with Gasteiger partial charge in [0.25, 0.3) is 0 Å². The van der Waals surface area contributed by atoms with E-state index in [2.05, 4.69) is 47.2 Å². The van der Waals surface area contributed by atoms with E-state index in [-0.39, 0.29) is 6.04 Å². The molecule has 2 heterocycles. The molecule has 2 aromatic carbocycles. The molecule has 0 aliphatic carbocycles. The zero-order chi connectivity index (χ0) is 16.5. The first-order chi connectivity index (χ1) is 11.8. The number of nitrogens with zero attached hydrogens (tertiary/aromatic N) is 3. The number of rotatable bonds is 1. The standard InChI is InChI=1S/C20H21N3O/c1-22-8-10-23(11-9-22)20-17-5-3-2-4-16(17)14-24-19-7-6-15(13-21)12-18(19)20/h2-7,12,20H,8-11,14H2,1H3. The topological polar surface area (TPSA) is 39.5 Å². The van der Waals surface area contributed by atoms with Gasteiger partial charge in [0.05, 0.1) is 17.7 Å². The molecule has 122 valence electrons. The van der Waals surface area contributed by atoms with E-state index in [9.17, 15) is 5.26 Å². The van der Waals surface area contributed by atoms with Crippen LogP contribution in [0.5, 0.6) is 5.75 Å². The maximum absolute atomic E-state index is 9.32. The molecule has 4 heteroatoms. The fourth-order valence-corrected chi connectivity index (χ4v) is 3.69. The maximum atomic E-state index is 9.32. The smallest absolute Gasteiger partial charge is 0.125 e. The molecule has 2 aliphatic rings. The van der Waals surface area contributed by atoms with Crippen molar-refractivity contribution >= 4 is 0 Å². The molecule has 2 aliphatic heterocycles.